The van der Waals surface area contributed by atoms with Crippen molar-refractivity contribution in [3.8, 4) is 0 Å². The molecular weight excluding hydrogens is 499 g/mol. The van der Waals surface area contributed by atoms with Crippen LogP contribution >= 0.6 is 7.82 Å². The van der Waals surface area contributed by atoms with Gasteiger partial charge in [-0.2, -0.15) is 0 Å². The minimum atomic E-state index is -4.98. The average Bonchev–Trinajstić information content (AvgIpc) is 2.85. The minimum absolute atomic E-state index is 0.129. The number of phosphoric acid groups is 1. The highest BCUT2D eigenvalue weighted by atomic mass is 31.2. The van der Waals surface area contributed by atoms with Crippen molar-refractivity contribution in [2.75, 3.05) is 46.2 Å². The van der Waals surface area contributed by atoms with Gasteiger partial charge in [-0.05, 0) is 22.4 Å². The Morgan fingerprint density at radius 1 is 0.750 bits per heavy atom. The van der Waals surface area contributed by atoms with E-state index in [-0.39, 0.29) is 19.8 Å². The lowest BCUT2D eigenvalue weighted by molar-refractivity contribution is -0.283. The third-order valence-electron chi connectivity index (χ3n) is 5.39. The summed E-state index contributed by atoms with van der Waals surface area (Å²) in [6.45, 7) is 2.21. The van der Waals surface area contributed by atoms with Crippen LogP contribution in [-0.2, 0) is 39.4 Å². The first-order valence-corrected chi connectivity index (χ1v) is 13.0. The normalized spacial score (nSPS) is 24.9. The Morgan fingerprint density at radius 3 is 2.03 bits per heavy atom. The lowest BCUT2D eigenvalue weighted by atomic mass is 9.99. The summed E-state index contributed by atoms with van der Waals surface area (Å²) in [5.41, 5.74) is 1.10. The number of rotatable bonds is 15. The van der Waals surface area contributed by atoms with Crippen molar-refractivity contribution < 1.29 is 57.9 Å². The van der Waals surface area contributed by atoms with Crippen LogP contribution in [0.4, 0.5) is 0 Å². The summed E-state index contributed by atoms with van der Waals surface area (Å²) in [5.74, 6) is 0. The SMILES string of the molecule is O=P(O)(O)O[C@H]1O[C@H](COCCOCCOCCOCc2ccc3ccccc3c2)[C@H](O)[C@H](O)[C@H]1O. The third kappa shape index (κ3) is 9.42. The molecule has 0 radical (unpaired) electrons. The van der Waals surface area contributed by atoms with Crippen LogP contribution in [0.5, 0.6) is 0 Å². The smallest absolute Gasteiger partial charge is 0.387 e. The van der Waals surface area contributed by atoms with E-state index in [1.165, 1.54) is 10.8 Å². The minimum Gasteiger partial charge on any atom is -0.387 e. The molecule has 13 heteroatoms. The molecule has 3 rings (SSSR count). The molecule has 0 spiro atoms. The van der Waals surface area contributed by atoms with Gasteiger partial charge in [0.2, 0.25) is 0 Å². The van der Waals surface area contributed by atoms with Crippen molar-refractivity contribution in [3.05, 3.63) is 48.0 Å². The Morgan fingerprint density at radius 2 is 1.36 bits per heavy atom. The second-order valence-electron chi connectivity index (χ2n) is 8.14. The lowest BCUT2D eigenvalue weighted by Gasteiger charge is -2.39. The zero-order chi connectivity index (χ0) is 26.0. The van der Waals surface area contributed by atoms with Gasteiger partial charge in [-0.15, -0.1) is 0 Å². The first kappa shape index (κ1) is 29.1. The summed E-state index contributed by atoms with van der Waals surface area (Å²) < 4.78 is 42.2. The summed E-state index contributed by atoms with van der Waals surface area (Å²) in [4.78, 5) is 17.7. The fraction of sp³-hybridized carbons (Fsp3) is 0.565. The predicted molar refractivity (Wildman–Crippen MR) is 126 cm³/mol. The van der Waals surface area contributed by atoms with Crippen molar-refractivity contribution in [1.29, 1.82) is 0 Å². The third-order valence-corrected chi connectivity index (χ3v) is 5.87. The summed E-state index contributed by atoms with van der Waals surface area (Å²) in [6, 6.07) is 14.4. The van der Waals surface area contributed by atoms with Crippen LogP contribution in [0.2, 0.25) is 0 Å². The molecule has 0 amide bonds. The van der Waals surface area contributed by atoms with Gasteiger partial charge in [-0.25, -0.2) is 4.57 Å². The van der Waals surface area contributed by atoms with Crippen LogP contribution < -0.4 is 0 Å². The van der Waals surface area contributed by atoms with Gasteiger partial charge < -0.3 is 48.8 Å². The molecule has 0 saturated carbocycles. The van der Waals surface area contributed by atoms with Gasteiger partial charge in [0.15, 0.2) is 6.29 Å². The molecule has 1 aliphatic rings. The lowest BCUT2D eigenvalue weighted by Crippen LogP contribution is -2.59. The molecular formula is C23H33O12P. The van der Waals surface area contributed by atoms with E-state index in [9.17, 15) is 19.9 Å². The Bertz CT molecular complexity index is 969. The van der Waals surface area contributed by atoms with E-state index in [2.05, 4.69) is 28.8 Å². The largest absolute Gasteiger partial charge is 0.472 e. The quantitative estimate of drug-likeness (QED) is 0.157. The Labute approximate surface area is 208 Å². The number of hydrogen-bond donors (Lipinski definition) is 5. The number of fused-ring (bicyclic) bond motifs is 1. The second kappa shape index (κ2) is 14.4. The summed E-state index contributed by atoms with van der Waals surface area (Å²) in [7, 11) is -4.98. The van der Waals surface area contributed by atoms with Crippen LogP contribution in [0.25, 0.3) is 10.8 Å². The number of hydrogen-bond acceptors (Lipinski definition) is 10. The number of ether oxygens (including phenoxy) is 5. The number of aliphatic hydroxyl groups is 3. The van der Waals surface area contributed by atoms with E-state index in [0.29, 0.717) is 33.0 Å². The summed E-state index contributed by atoms with van der Waals surface area (Å²) >= 11 is 0. The average molecular weight is 532 g/mol. The van der Waals surface area contributed by atoms with E-state index in [1.807, 2.05) is 18.2 Å². The molecule has 0 unspecified atom stereocenters. The molecule has 1 saturated heterocycles. The van der Waals surface area contributed by atoms with Gasteiger partial charge in [-0.1, -0.05) is 36.4 Å². The van der Waals surface area contributed by atoms with E-state index >= 15 is 0 Å². The van der Waals surface area contributed by atoms with Gasteiger partial charge in [0.1, 0.15) is 24.4 Å². The first-order chi connectivity index (χ1) is 17.2. The molecule has 0 bridgehead atoms. The molecule has 2 aromatic carbocycles. The van der Waals surface area contributed by atoms with E-state index in [4.69, 9.17) is 33.5 Å². The standard InChI is InChI=1S/C23H33O12P/c24-20-19(34-23(22(26)21(20)25)35-36(27,28)29)15-33-12-10-31-8-7-30-9-11-32-14-16-5-6-17-3-1-2-4-18(17)13-16/h1-6,13,19-26H,7-12,14-15H2,(H2,27,28,29)/t19-,20+,21+,22-,23-/m1/s1. The molecule has 1 fully saturated rings. The highest BCUT2D eigenvalue weighted by molar-refractivity contribution is 7.46. The predicted octanol–water partition coefficient (Wildman–Crippen LogP) is 0.323. The Balaban J connectivity index is 1.19. The van der Waals surface area contributed by atoms with Gasteiger partial charge in [0.25, 0.3) is 0 Å². The molecule has 1 aliphatic heterocycles. The number of aliphatic hydroxyl groups excluding tert-OH is 3. The molecule has 0 aliphatic carbocycles. The molecule has 1 heterocycles. The zero-order valence-electron chi connectivity index (χ0n) is 19.6. The van der Waals surface area contributed by atoms with Crippen molar-refractivity contribution in [2.45, 2.75) is 37.3 Å². The maximum atomic E-state index is 11.0. The molecule has 2 aromatic rings. The van der Waals surface area contributed by atoms with Gasteiger partial charge >= 0.3 is 7.82 Å². The van der Waals surface area contributed by atoms with Crippen LogP contribution in [0, 0.1) is 0 Å². The topological polar surface area (TPSA) is 174 Å². The maximum Gasteiger partial charge on any atom is 0.472 e. The molecule has 36 heavy (non-hydrogen) atoms. The molecule has 5 N–H and O–H groups in total. The summed E-state index contributed by atoms with van der Waals surface area (Å²) in [5, 5.41) is 31.9. The summed E-state index contributed by atoms with van der Waals surface area (Å²) in [6.07, 6.45) is -8.08. The van der Waals surface area contributed by atoms with Gasteiger partial charge in [-0.3, -0.25) is 4.52 Å². The number of phosphoric ester groups is 1. The highest BCUT2D eigenvalue weighted by Gasteiger charge is 2.46. The Kier molecular flexibility index (Phi) is 11.6. The van der Waals surface area contributed by atoms with E-state index in [1.54, 1.807) is 0 Å². The molecule has 12 nitrogen and oxygen atoms in total. The molecule has 0 aromatic heterocycles. The fourth-order valence-electron chi connectivity index (χ4n) is 3.55. The highest BCUT2D eigenvalue weighted by Crippen LogP contribution is 2.40. The second-order valence-corrected chi connectivity index (χ2v) is 9.34. The van der Waals surface area contributed by atoms with E-state index < -0.39 is 38.5 Å². The van der Waals surface area contributed by atoms with Crippen LogP contribution in [-0.4, -0.2) is 102 Å². The van der Waals surface area contributed by atoms with Crippen LogP contribution in [0.15, 0.2) is 42.5 Å². The van der Waals surface area contributed by atoms with Crippen molar-refractivity contribution >= 4 is 18.6 Å². The monoisotopic (exact) mass is 532 g/mol. The first-order valence-electron chi connectivity index (χ1n) is 11.5. The zero-order valence-corrected chi connectivity index (χ0v) is 20.5. The molecule has 202 valence electrons. The molecule has 5 atom stereocenters. The van der Waals surface area contributed by atoms with Gasteiger partial charge in [0, 0.05) is 0 Å². The van der Waals surface area contributed by atoms with E-state index in [0.717, 1.165) is 5.56 Å². The maximum absolute atomic E-state index is 11.0. The van der Waals surface area contributed by atoms with Crippen molar-refractivity contribution in [1.82, 2.24) is 0 Å². The Hall–Kier alpha value is -1.51. The van der Waals surface area contributed by atoms with Crippen molar-refractivity contribution in [3.63, 3.8) is 0 Å². The van der Waals surface area contributed by atoms with Crippen molar-refractivity contribution in [2.24, 2.45) is 0 Å². The fourth-order valence-corrected chi connectivity index (χ4v) is 4.00. The van der Waals surface area contributed by atoms with Crippen LogP contribution in [0.1, 0.15) is 5.56 Å². The van der Waals surface area contributed by atoms with Gasteiger partial charge in [0.05, 0.1) is 52.9 Å². The van der Waals surface area contributed by atoms with Crippen LogP contribution in [0.3, 0.4) is 0 Å². The number of benzene rings is 2.